The van der Waals surface area contributed by atoms with Crippen molar-refractivity contribution in [1.82, 2.24) is 14.9 Å². The number of thiazole rings is 1. The smallest absolute Gasteiger partial charge is 0.113 e. The molecule has 108 valence electrons. The van der Waals surface area contributed by atoms with Crippen LogP contribution in [0.1, 0.15) is 46.9 Å². The number of hydrogen-bond acceptors (Lipinski definition) is 3. The van der Waals surface area contributed by atoms with Crippen LogP contribution in [0, 0.1) is 19.8 Å². The first-order valence-corrected chi connectivity index (χ1v) is 8.31. The van der Waals surface area contributed by atoms with Gasteiger partial charge in [-0.3, -0.25) is 0 Å². The van der Waals surface area contributed by atoms with E-state index < -0.39 is 0 Å². The molecule has 0 amide bonds. The summed E-state index contributed by atoms with van der Waals surface area (Å²) in [4.78, 5) is 5.95. The highest BCUT2D eigenvalue weighted by Gasteiger charge is 2.32. The molecule has 0 aliphatic heterocycles. The monoisotopic (exact) mass is 289 g/mol. The standard InChI is InChI=1S/C16H23N3S/c1-4-17-16(13-5-6-13)14-7-8-19(9-14)10-15-18-11(2)12(3)20-15/h7-9,13,16-17H,4-6,10H2,1-3H3. The summed E-state index contributed by atoms with van der Waals surface area (Å²) in [6, 6.07) is 2.81. The molecule has 1 atom stereocenters. The molecule has 2 aromatic heterocycles. The largest absolute Gasteiger partial charge is 0.347 e. The van der Waals surface area contributed by atoms with Crippen LogP contribution in [0.2, 0.25) is 0 Å². The summed E-state index contributed by atoms with van der Waals surface area (Å²) in [5, 5.41) is 4.83. The van der Waals surface area contributed by atoms with E-state index in [2.05, 4.69) is 54.1 Å². The Morgan fingerprint density at radius 2 is 2.25 bits per heavy atom. The summed E-state index contributed by atoms with van der Waals surface area (Å²) >= 11 is 1.81. The Morgan fingerprint density at radius 1 is 1.45 bits per heavy atom. The van der Waals surface area contributed by atoms with Crippen molar-refractivity contribution in [2.24, 2.45) is 5.92 Å². The van der Waals surface area contributed by atoms with Gasteiger partial charge in [-0.2, -0.15) is 0 Å². The molecule has 3 rings (SSSR count). The summed E-state index contributed by atoms with van der Waals surface area (Å²) in [7, 11) is 0. The molecule has 0 spiro atoms. The van der Waals surface area contributed by atoms with Crippen molar-refractivity contribution in [2.45, 2.75) is 46.2 Å². The number of nitrogens with zero attached hydrogens (tertiary/aromatic N) is 2. The fraction of sp³-hybridized carbons (Fsp3) is 0.562. The number of rotatable bonds is 6. The maximum absolute atomic E-state index is 4.63. The summed E-state index contributed by atoms with van der Waals surface area (Å²) in [6.07, 6.45) is 7.22. The molecular weight excluding hydrogens is 266 g/mol. The highest BCUT2D eigenvalue weighted by atomic mass is 32.1. The van der Waals surface area contributed by atoms with Crippen LogP contribution in [-0.2, 0) is 6.54 Å². The van der Waals surface area contributed by atoms with Crippen molar-refractivity contribution < 1.29 is 0 Å². The van der Waals surface area contributed by atoms with E-state index in [1.807, 2.05) is 11.3 Å². The second-order valence-electron chi connectivity index (χ2n) is 5.74. The summed E-state index contributed by atoms with van der Waals surface area (Å²) in [5.74, 6) is 0.843. The Hall–Kier alpha value is -1.13. The lowest BCUT2D eigenvalue weighted by molar-refractivity contribution is 0.495. The van der Waals surface area contributed by atoms with E-state index in [0.717, 1.165) is 19.0 Å². The second kappa shape index (κ2) is 5.70. The van der Waals surface area contributed by atoms with E-state index in [-0.39, 0.29) is 0 Å². The summed E-state index contributed by atoms with van der Waals surface area (Å²) in [5.41, 5.74) is 2.60. The molecular formula is C16H23N3S. The molecule has 0 radical (unpaired) electrons. The van der Waals surface area contributed by atoms with Gasteiger partial charge in [0.15, 0.2) is 0 Å². The van der Waals surface area contributed by atoms with E-state index in [0.29, 0.717) is 6.04 Å². The minimum Gasteiger partial charge on any atom is -0.347 e. The summed E-state index contributed by atoms with van der Waals surface area (Å²) in [6.45, 7) is 8.35. The third kappa shape index (κ3) is 2.96. The Labute approximate surface area is 125 Å². The highest BCUT2D eigenvalue weighted by molar-refractivity contribution is 7.11. The molecule has 1 N–H and O–H groups in total. The normalized spacial score (nSPS) is 16.6. The van der Waals surface area contributed by atoms with Gasteiger partial charge in [-0.25, -0.2) is 4.98 Å². The Bertz CT molecular complexity index is 561. The van der Waals surface area contributed by atoms with Gasteiger partial charge in [-0.05, 0) is 50.8 Å². The molecule has 20 heavy (non-hydrogen) atoms. The van der Waals surface area contributed by atoms with Crippen LogP contribution >= 0.6 is 11.3 Å². The van der Waals surface area contributed by atoms with Crippen molar-refractivity contribution in [2.75, 3.05) is 6.54 Å². The maximum Gasteiger partial charge on any atom is 0.113 e. The van der Waals surface area contributed by atoms with E-state index in [1.54, 1.807) is 0 Å². The predicted molar refractivity (Wildman–Crippen MR) is 84.3 cm³/mol. The van der Waals surface area contributed by atoms with Crippen LogP contribution in [0.3, 0.4) is 0 Å². The van der Waals surface area contributed by atoms with Gasteiger partial charge < -0.3 is 9.88 Å². The van der Waals surface area contributed by atoms with Gasteiger partial charge in [0.05, 0.1) is 12.2 Å². The lowest BCUT2D eigenvalue weighted by atomic mass is 10.1. The van der Waals surface area contributed by atoms with Gasteiger partial charge in [0.2, 0.25) is 0 Å². The van der Waals surface area contributed by atoms with Crippen molar-refractivity contribution in [3.8, 4) is 0 Å². The van der Waals surface area contributed by atoms with Gasteiger partial charge in [0.25, 0.3) is 0 Å². The van der Waals surface area contributed by atoms with Crippen LogP contribution in [-0.4, -0.2) is 16.1 Å². The van der Waals surface area contributed by atoms with Crippen LogP contribution in [0.4, 0.5) is 0 Å². The van der Waals surface area contributed by atoms with Crippen LogP contribution in [0.25, 0.3) is 0 Å². The molecule has 1 unspecified atom stereocenters. The maximum atomic E-state index is 4.63. The molecule has 4 heteroatoms. The minimum absolute atomic E-state index is 0.543. The van der Waals surface area contributed by atoms with Crippen molar-refractivity contribution in [1.29, 1.82) is 0 Å². The number of aromatic nitrogens is 2. The van der Waals surface area contributed by atoms with E-state index >= 15 is 0 Å². The lowest BCUT2D eigenvalue weighted by Gasteiger charge is -2.15. The highest BCUT2D eigenvalue weighted by Crippen LogP contribution is 2.41. The molecule has 0 aromatic carbocycles. The van der Waals surface area contributed by atoms with Crippen molar-refractivity contribution in [3.05, 3.63) is 39.6 Å². The van der Waals surface area contributed by atoms with E-state index in [9.17, 15) is 0 Å². The molecule has 1 saturated carbocycles. The first-order chi connectivity index (χ1) is 9.67. The third-order valence-electron chi connectivity index (χ3n) is 4.04. The first-order valence-electron chi connectivity index (χ1n) is 7.49. The fourth-order valence-corrected chi connectivity index (χ4v) is 3.65. The SMILES string of the molecule is CCNC(c1ccn(Cc2nc(C)c(C)s2)c1)C1CC1. The van der Waals surface area contributed by atoms with Gasteiger partial charge in [0, 0.05) is 23.3 Å². The zero-order chi connectivity index (χ0) is 14.1. The molecule has 3 nitrogen and oxygen atoms in total. The molecule has 2 aromatic rings. The summed E-state index contributed by atoms with van der Waals surface area (Å²) < 4.78 is 2.26. The molecule has 0 bridgehead atoms. The lowest BCUT2D eigenvalue weighted by Crippen LogP contribution is -2.22. The van der Waals surface area contributed by atoms with Gasteiger partial charge in [-0.15, -0.1) is 11.3 Å². The quantitative estimate of drug-likeness (QED) is 0.879. The number of nitrogens with one attached hydrogen (secondary N) is 1. The first kappa shape index (κ1) is 13.8. The Balaban J connectivity index is 1.72. The van der Waals surface area contributed by atoms with Gasteiger partial charge in [-0.1, -0.05) is 6.92 Å². The molecule has 1 fully saturated rings. The Kier molecular flexibility index (Phi) is 3.94. The molecule has 1 aliphatic rings. The zero-order valence-electron chi connectivity index (χ0n) is 12.5. The average Bonchev–Trinajstić information content (AvgIpc) is 3.07. The topological polar surface area (TPSA) is 29.9 Å². The van der Waals surface area contributed by atoms with Crippen molar-refractivity contribution in [3.63, 3.8) is 0 Å². The van der Waals surface area contributed by atoms with Gasteiger partial charge >= 0.3 is 0 Å². The second-order valence-corrected chi connectivity index (χ2v) is 7.03. The average molecular weight is 289 g/mol. The van der Waals surface area contributed by atoms with Gasteiger partial charge in [0.1, 0.15) is 5.01 Å². The molecule has 2 heterocycles. The fourth-order valence-electron chi connectivity index (χ4n) is 2.71. The van der Waals surface area contributed by atoms with Crippen LogP contribution in [0.5, 0.6) is 0 Å². The molecule has 1 aliphatic carbocycles. The zero-order valence-corrected chi connectivity index (χ0v) is 13.3. The molecule has 0 saturated heterocycles. The number of hydrogen-bond donors (Lipinski definition) is 1. The number of aryl methyl sites for hydroxylation is 2. The minimum atomic E-state index is 0.543. The van der Waals surface area contributed by atoms with Crippen molar-refractivity contribution >= 4 is 11.3 Å². The predicted octanol–water partition coefficient (Wildman–Crippen LogP) is 3.67. The van der Waals surface area contributed by atoms with E-state index in [1.165, 1.54) is 34.0 Å². The Morgan fingerprint density at radius 3 is 2.85 bits per heavy atom. The van der Waals surface area contributed by atoms with Crippen LogP contribution < -0.4 is 5.32 Å². The van der Waals surface area contributed by atoms with E-state index in [4.69, 9.17) is 0 Å². The van der Waals surface area contributed by atoms with Crippen LogP contribution in [0.15, 0.2) is 18.5 Å². The third-order valence-corrected chi connectivity index (χ3v) is 5.10.